The molecule has 9 aromatic carbocycles. The molecule has 0 spiro atoms. The van der Waals surface area contributed by atoms with E-state index in [9.17, 15) is 28.8 Å². The molecule has 4 N–H and O–H groups in total. The Balaban J connectivity index is 0.653. The topological polar surface area (TPSA) is 222 Å². The van der Waals surface area contributed by atoms with Crippen LogP contribution in [0.25, 0.3) is 39.2 Å². The van der Waals surface area contributed by atoms with Crippen molar-refractivity contribution in [3.05, 3.63) is 334 Å². The van der Waals surface area contributed by atoms with E-state index in [0.29, 0.717) is 52.8 Å². The maximum absolute atomic E-state index is 14.6. The lowest BCUT2D eigenvalue weighted by molar-refractivity contribution is -0.127. The van der Waals surface area contributed by atoms with Crippen LogP contribution in [0.15, 0.2) is 266 Å². The molecule has 0 saturated carbocycles. The third-order valence-electron chi connectivity index (χ3n) is 18.7. The molecule has 17 nitrogen and oxygen atoms in total. The van der Waals surface area contributed by atoms with Gasteiger partial charge in [-0.1, -0.05) is 231 Å². The second kappa shape index (κ2) is 31.1. The Bertz CT molecular complexity index is 4910. The molecule has 3 aromatic heterocycles. The number of amides is 4. The third kappa shape index (κ3) is 15.8. The van der Waals surface area contributed by atoms with Gasteiger partial charge in [0.1, 0.15) is 44.4 Å². The largest absolute Gasteiger partial charge is 0.472 e. The molecule has 12 aromatic rings. The normalized spacial score (nSPS) is 12.6. The predicted molar refractivity (Wildman–Crippen MR) is 388 cm³/mol. The number of imidazole rings is 1. The van der Waals surface area contributed by atoms with E-state index in [1.807, 2.05) is 235 Å². The number of furan rings is 1. The second-order valence-electron chi connectivity index (χ2n) is 25.6. The minimum Gasteiger partial charge on any atom is -0.472 e. The van der Waals surface area contributed by atoms with Gasteiger partial charge in [0.25, 0.3) is 0 Å². The van der Waals surface area contributed by atoms with Gasteiger partial charge in [-0.05, 0) is 109 Å². The average molecular weight is 1350 g/mol. The van der Waals surface area contributed by atoms with E-state index in [-0.39, 0.29) is 68.9 Å². The summed E-state index contributed by atoms with van der Waals surface area (Å²) in [6.45, 7) is -0.498. The summed E-state index contributed by atoms with van der Waals surface area (Å²) in [5.74, 6) is -0.685. The van der Waals surface area contributed by atoms with Gasteiger partial charge in [0.15, 0.2) is 17.2 Å². The van der Waals surface area contributed by atoms with E-state index < -0.39 is 49.2 Å². The van der Waals surface area contributed by atoms with E-state index in [0.717, 1.165) is 77.9 Å². The fraction of sp³-hybridized carbons (Fsp3) is 0.176. The lowest BCUT2D eigenvalue weighted by Gasteiger charge is -2.19. The summed E-state index contributed by atoms with van der Waals surface area (Å²) in [4.78, 5) is 92.8. The van der Waals surface area contributed by atoms with Crippen LogP contribution in [0.2, 0.25) is 0 Å². The molecule has 508 valence electrons. The molecule has 2 atom stereocenters. The van der Waals surface area contributed by atoms with Crippen molar-refractivity contribution in [3.8, 4) is 39.4 Å². The number of ketones is 2. The number of nitrogens with one attached hydrogen (secondary N) is 4. The number of alkyl carbamates (subject to hydrolysis) is 2. The van der Waals surface area contributed by atoms with E-state index in [1.54, 1.807) is 6.26 Å². The quantitative estimate of drug-likeness (QED) is 0.0360. The highest BCUT2D eigenvalue weighted by Crippen LogP contribution is 2.46. The predicted octanol–water partition coefficient (Wildman–Crippen LogP) is 13.5. The molecule has 2 aliphatic carbocycles. The Morgan fingerprint density at radius 1 is 0.441 bits per heavy atom. The maximum atomic E-state index is 14.6. The van der Waals surface area contributed by atoms with Gasteiger partial charge in [0.2, 0.25) is 17.7 Å². The van der Waals surface area contributed by atoms with Crippen LogP contribution in [0.1, 0.15) is 84.6 Å². The number of hydrogen-bond donors (Lipinski definition) is 4. The molecule has 0 saturated heterocycles. The molecule has 2 unspecified atom stereocenters. The molecule has 4 amide bonds. The summed E-state index contributed by atoms with van der Waals surface area (Å²) >= 11 is 0. The maximum Gasteiger partial charge on any atom is 0.407 e. The van der Waals surface area contributed by atoms with Crippen LogP contribution < -0.4 is 26.0 Å². The zero-order valence-electron chi connectivity index (χ0n) is 55.8. The number of ether oxygens (including phenoxy) is 3. The van der Waals surface area contributed by atoms with Crippen LogP contribution in [-0.2, 0) is 73.8 Å². The number of aromatic nitrogens is 3. The molecule has 0 radical (unpaired) electrons. The number of carbonyl (C=O) groups is 6. The van der Waals surface area contributed by atoms with Crippen molar-refractivity contribution in [1.29, 1.82) is 0 Å². The SMILES string of the molecule is O=C(CNC(=O)OCC1c2ccccc2-c2ccccc21)NC(Cc1ccccc1)C(=O)Cc1ccc(COc2c(Cc3ccco3)nc3c(Cc4ccccc4)nc(-c4cccc(CC(=O)C(Cc5ccccc5)NC(=O)CNC(=O)OCC5c6ccccc6-c6ccccc65)c4)cn23)cc1. The Hall–Kier alpha value is -12.5. The molecule has 3 heterocycles. The first-order valence-electron chi connectivity index (χ1n) is 34.2. The summed E-state index contributed by atoms with van der Waals surface area (Å²) in [5.41, 5.74) is 16.8. The first kappa shape index (κ1) is 66.7. The van der Waals surface area contributed by atoms with E-state index >= 15 is 0 Å². The van der Waals surface area contributed by atoms with Gasteiger partial charge in [-0.3, -0.25) is 23.6 Å². The van der Waals surface area contributed by atoms with Crippen molar-refractivity contribution >= 4 is 41.2 Å². The van der Waals surface area contributed by atoms with Crippen molar-refractivity contribution in [1.82, 2.24) is 35.6 Å². The van der Waals surface area contributed by atoms with E-state index in [4.69, 9.17) is 28.6 Å². The summed E-state index contributed by atoms with van der Waals surface area (Å²) in [5, 5.41) is 11.0. The smallest absolute Gasteiger partial charge is 0.407 e. The minimum atomic E-state index is -0.935. The zero-order valence-corrected chi connectivity index (χ0v) is 55.8. The molecular weight excluding hydrogens is 1280 g/mol. The summed E-state index contributed by atoms with van der Waals surface area (Å²) in [6.07, 6.45) is 3.21. The van der Waals surface area contributed by atoms with Crippen molar-refractivity contribution in [3.63, 3.8) is 0 Å². The Kier molecular flexibility index (Phi) is 20.4. The highest BCUT2D eigenvalue weighted by atomic mass is 16.6. The fourth-order valence-electron chi connectivity index (χ4n) is 13.7. The molecule has 0 aliphatic heterocycles. The van der Waals surface area contributed by atoms with Crippen LogP contribution in [0, 0.1) is 0 Å². The van der Waals surface area contributed by atoms with Crippen molar-refractivity contribution in [2.24, 2.45) is 0 Å². The summed E-state index contributed by atoms with van der Waals surface area (Å²) in [6, 6.07) is 78.2. The molecule has 0 fully saturated rings. The van der Waals surface area contributed by atoms with Crippen molar-refractivity contribution < 1.29 is 47.4 Å². The van der Waals surface area contributed by atoms with Crippen LogP contribution in [0.4, 0.5) is 9.59 Å². The monoisotopic (exact) mass is 1350 g/mol. The zero-order chi connectivity index (χ0) is 69.7. The van der Waals surface area contributed by atoms with Gasteiger partial charge in [-0.25, -0.2) is 19.6 Å². The van der Waals surface area contributed by atoms with E-state index in [2.05, 4.69) is 45.5 Å². The van der Waals surface area contributed by atoms with Gasteiger partial charge in [-0.15, -0.1) is 0 Å². The fourth-order valence-corrected chi connectivity index (χ4v) is 13.7. The van der Waals surface area contributed by atoms with Gasteiger partial charge in [0, 0.05) is 42.9 Å². The van der Waals surface area contributed by atoms with Crippen LogP contribution in [0.5, 0.6) is 5.88 Å². The Labute approximate surface area is 590 Å². The number of Topliss-reactive ketones (excluding diaryl/α,β-unsaturated/α-hetero) is 2. The number of fused-ring (bicyclic) bond motifs is 7. The lowest BCUT2D eigenvalue weighted by atomic mass is 9.96. The number of hydrogen-bond acceptors (Lipinski definition) is 12. The van der Waals surface area contributed by atoms with Crippen molar-refractivity contribution in [2.75, 3.05) is 26.3 Å². The molecule has 14 rings (SSSR count). The molecule has 0 bridgehead atoms. The molecule has 17 heteroatoms. The average Bonchev–Trinajstić information content (AvgIpc) is 1.60. The Morgan fingerprint density at radius 2 is 0.902 bits per heavy atom. The van der Waals surface area contributed by atoms with Gasteiger partial charge in [0.05, 0.1) is 36.2 Å². The molecular formula is C85H73N7O10. The first-order valence-corrected chi connectivity index (χ1v) is 34.2. The third-order valence-corrected chi connectivity index (χ3v) is 18.7. The number of nitrogens with zero attached hydrogens (tertiary/aromatic N) is 3. The van der Waals surface area contributed by atoms with Crippen LogP contribution >= 0.6 is 0 Å². The number of rotatable bonds is 28. The second-order valence-corrected chi connectivity index (χ2v) is 25.6. The highest BCUT2D eigenvalue weighted by Gasteiger charge is 2.32. The standard InChI is InChI=1S/C85H73N7O10/c93-78(73(43-55-20-4-1-5-21-55)89-80(95)49-86-84(97)101-53-71-67-33-14-10-29-63(67)64-30-11-15-34-68(64)71)46-58-37-39-59(40-38-58)52-100-83-76(48-62-28-19-41-99-62)91-82-75(45-57-24-8-3-9-25-57)88-77(51-92(82)83)61-27-18-26-60(42-61)47-79(94)74(44-56-22-6-2-7-23-56)90-81(96)50-87-85(98)102-54-72-69-35-16-12-31-65(69)66-32-13-17-36-70(66)72/h1-42,51,71-74H,43-50,52-54H2,(H,86,97)(H,87,98)(H,89,95)(H,90,96). The van der Waals surface area contributed by atoms with Crippen LogP contribution in [0.3, 0.4) is 0 Å². The minimum absolute atomic E-state index is 0.0185. The van der Waals surface area contributed by atoms with E-state index in [1.165, 1.54) is 0 Å². The summed E-state index contributed by atoms with van der Waals surface area (Å²) < 4.78 is 26.0. The van der Waals surface area contributed by atoms with Gasteiger partial charge in [-0.2, -0.15) is 0 Å². The van der Waals surface area contributed by atoms with Crippen molar-refractivity contribution in [2.45, 2.75) is 69.1 Å². The number of benzene rings is 9. The number of carbonyl (C=O) groups excluding carboxylic acids is 6. The Morgan fingerprint density at radius 3 is 1.40 bits per heavy atom. The highest BCUT2D eigenvalue weighted by molar-refractivity contribution is 5.93. The first-order chi connectivity index (χ1) is 50.0. The van der Waals surface area contributed by atoms with Gasteiger partial charge >= 0.3 is 12.2 Å². The van der Waals surface area contributed by atoms with Crippen LogP contribution in [-0.4, -0.2) is 88.3 Å². The molecule has 2 aliphatic rings. The summed E-state index contributed by atoms with van der Waals surface area (Å²) in [7, 11) is 0. The lowest BCUT2D eigenvalue weighted by Crippen LogP contribution is -2.47. The van der Waals surface area contributed by atoms with Gasteiger partial charge < -0.3 is 39.9 Å². The molecule has 102 heavy (non-hydrogen) atoms.